The number of benzene rings is 1. The SMILES string of the molecule is C[C@@H](CN[C@H](C)c1ccc(F)c(Cl)c1)CS(C)(=O)=O. The first-order valence-corrected chi connectivity index (χ1v) is 8.49. The lowest BCUT2D eigenvalue weighted by molar-refractivity contribution is 0.491. The Hall–Kier alpha value is -0.650. The van der Waals surface area contributed by atoms with Crippen LogP contribution in [0.15, 0.2) is 18.2 Å². The summed E-state index contributed by atoms with van der Waals surface area (Å²) in [6, 6.07) is 4.56. The minimum atomic E-state index is -2.96. The number of nitrogens with one attached hydrogen (secondary N) is 1. The van der Waals surface area contributed by atoms with E-state index in [-0.39, 0.29) is 22.7 Å². The molecule has 0 spiro atoms. The van der Waals surface area contributed by atoms with Crippen molar-refractivity contribution in [1.29, 1.82) is 0 Å². The van der Waals surface area contributed by atoms with Crippen LogP contribution in [0.2, 0.25) is 5.02 Å². The lowest BCUT2D eigenvalue weighted by Gasteiger charge is -2.18. The van der Waals surface area contributed by atoms with Crippen LogP contribution in [0.5, 0.6) is 0 Å². The van der Waals surface area contributed by atoms with E-state index in [2.05, 4.69) is 5.32 Å². The van der Waals surface area contributed by atoms with Crippen molar-refractivity contribution >= 4 is 21.4 Å². The summed E-state index contributed by atoms with van der Waals surface area (Å²) in [5.41, 5.74) is 0.873. The summed E-state index contributed by atoms with van der Waals surface area (Å²) < 4.78 is 35.3. The molecule has 108 valence electrons. The van der Waals surface area contributed by atoms with Crippen LogP contribution in [0.3, 0.4) is 0 Å². The van der Waals surface area contributed by atoms with Gasteiger partial charge in [-0.05, 0) is 37.1 Å². The van der Waals surface area contributed by atoms with Crippen LogP contribution in [0.25, 0.3) is 0 Å². The van der Waals surface area contributed by atoms with Crippen LogP contribution in [0, 0.1) is 11.7 Å². The van der Waals surface area contributed by atoms with Crippen molar-refractivity contribution < 1.29 is 12.8 Å². The van der Waals surface area contributed by atoms with Gasteiger partial charge >= 0.3 is 0 Å². The smallest absolute Gasteiger partial charge is 0.147 e. The molecule has 1 aromatic rings. The van der Waals surface area contributed by atoms with Gasteiger partial charge in [-0.3, -0.25) is 0 Å². The van der Waals surface area contributed by atoms with E-state index in [1.807, 2.05) is 13.8 Å². The zero-order valence-electron chi connectivity index (χ0n) is 11.3. The Morgan fingerprint density at radius 2 is 2.00 bits per heavy atom. The van der Waals surface area contributed by atoms with E-state index in [9.17, 15) is 12.8 Å². The maximum atomic E-state index is 13.0. The van der Waals surface area contributed by atoms with Gasteiger partial charge in [0.2, 0.25) is 0 Å². The second-order valence-electron chi connectivity index (χ2n) is 5.00. The van der Waals surface area contributed by atoms with E-state index in [0.29, 0.717) is 6.54 Å². The molecule has 1 rings (SSSR count). The Labute approximate surface area is 119 Å². The summed E-state index contributed by atoms with van der Waals surface area (Å²) in [5, 5.41) is 3.32. The van der Waals surface area contributed by atoms with E-state index in [1.165, 1.54) is 12.3 Å². The van der Waals surface area contributed by atoms with Gasteiger partial charge in [0.05, 0.1) is 10.8 Å². The molecule has 0 aromatic heterocycles. The van der Waals surface area contributed by atoms with Gasteiger partial charge in [-0.1, -0.05) is 24.6 Å². The molecule has 19 heavy (non-hydrogen) atoms. The van der Waals surface area contributed by atoms with Crippen molar-refractivity contribution in [3.63, 3.8) is 0 Å². The first kappa shape index (κ1) is 16.4. The number of hydrogen-bond acceptors (Lipinski definition) is 3. The lowest BCUT2D eigenvalue weighted by Crippen LogP contribution is -2.28. The molecular formula is C13H19ClFNO2S. The van der Waals surface area contributed by atoms with Gasteiger partial charge in [0.15, 0.2) is 0 Å². The maximum absolute atomic E-state index is 13.0. The first-order valence-electron chi connectivity index (χ1n) is 6.05. The summed E-state index contributed by atoms with van der Waals surface area (Å²) in [7, 11) is -2.96. The molecule has 1 aromatic carbocycles. The van der Waals surface area contributed by atoms with E-state index in [4.69, 9.17) is 11.6 Å². The average molecular weight is 308 g/mol. The highest BCUT2D eigenvalue weighted by Crippen LogP contribution is 2.20. The number of hydrogen-bond donors (Lipinski definition) is 1. The van der Waals surface area contributed by atoms with Gasteiger partial charge in [0.25, 0.3) is 0 Å². The highest BCUT2D eigenvalue weighted by Gasteiger charge is 2.13. The Kier molecular flexibility index (Phi) is 5.77. The molecule has 0 bridgehead atoms. The Morgan fingerprint density at radius 3 is 2.53 bits per heavy atom. The van der Waals surface area contributed by atoms with Gasteiger partial charge in [-0.2, -0.15) is 0 Å². The van der Waals surface area contributed by atoms with Crippen LogP contribution in [0.1, 0.15) is 25.5 Å². The fraction of sp³-hybridized carbons (Fsp3) is 0.538. The van der Waals surface area contributed by atoms with Gasteiger partial charge < -0.3 is 5.32 Å². The highest BCUT2D eigenvalue weighted by molar-refractivity contribution is 7.90. The topological polar surface area (TPSA) is 46.2 Å². The van der Waals surface area contributed by atoms with Crippen LogP contribution in [0.4, 0.5) is 4.39 Å². The predicted molar refractivity (Wildman–Crippen MR) is 76.7 cm³/mol. The second kappa shape index (κ2) is 6.68. The van der Waals surface area contributed by atoms with Crippen molar-refractivity contribution in [3.8, 4) is 0 Å². The highest BCUT2D eigenvalue weighted by atomic mass is 35.5. The molecule has 0 unspecified atom stereocenters. The largest absolute Gasteiger partial charge is 0.310 e. The van der Waals surface area contributed by atoms with Gasteiger partial charge in [0, 0.05) is 12.3 Å². The normalized spacial score (nSPS) is 15.2. The molecule has 0 amide bonds. The minimum Gasteiger partial charge on any atom is -0.310 e. The molecule has 0 aliphatic carbocycles. The third-order valence-electron chi connectivity index (χ3n) is 2.80. The standard InChI is InChI=1S/C13H19ClFNO2S/c1-9(8-19(3,17)18)7-16-10(2)11-4-5-13(15)12(14)6-11/h4-6,9-10,16H,7-8H2,1-3H3/t9-,10+/m0/s1. The van der Waals surface area contributed by atoms with Gasteiger partial charge in [-0.25, -0.2) is 12.8 Å². The lowest BCUT2D eigenvalue weighted by atomic mass is 10.1. The van der Waals surface area contributed by atoms with E-state index >= 15 is 0 Å². The predicted octanol–water partition coefficient (Wildman–Crippen LogP) is 2.81. The molecule has 0 aliphatic rings. The van der Waals surface area contributed by atoms with Crippen LogP contribution in [-0.2, 0) is 9.84 Å². The molecule has 0 saturated heterocycles. The van der Waals surface area contributed by atoms with Crippen LogP contribution < -0.4 is 5.32 Å². The molecular weight excluding hydrogens is 289 g/mol. The molecule has 0 fully saturated rings. The Morgan fingerprint density at radius 1 is 1.37 bits per heavy atom. The summed E-state index contributed by atoms with van der Waals surface area (Å²) in [5.74, 6) is -0.270. The fourth-order valence-electron chi connectivity index (χ4n) is 1.85. The third kappa shape index (κ3) is 5.89. The van der Waals surface area contributed by atoms with Crippen molar-refractivity contribution in [2.75, 3.05) is 18.6 Å². The van der Waals surface area contributed by atoms with Crippen molar-refractivity contribution in [2.24, 2.45) is 5.92 Å². The molecule has 0 heterocycles. The molecule has 2 atom stereocenters. The fourth-order valence-corrected chi connectivity index (χ4v) is 3.19. The second-order valence-corrected chi connectivity index (χ2v) is 7.59. The van der Waals surface area contributed by atoms with Crippen molar-refractivity contribution in [1.82, 2.24) is 5.32 Å². The molecule has 0 radical (unpaired) electrons. The minimum absolute atomic E-state index is 0.0138. The summed E-state index contributed by atoms with van der Waals surface area (Å²) in [4.78, 5) is 0. The van der Waals surface area contributed by atoms with Crippen LogP contribution in [-0.4, -0.2) is 27.0 Å². The zero-order valence-corrected chi connectivity index (χ0v) is 12.9. The Bertz CT molecular complexity index is 533. The monoisotopic (exact) mass is 307 g/mol. The molecule has 0 saturated carbocycles. The third-order valence-corrected chi connectivity index (χ3v) is 4.27. The van der Waals surface area contributed by atoms with E-state index < -0.39 is 15.7 Å². The molecule has 3 nitrogen and oxygen atoms in total. The molecule has 6 heteroatoms. The van der Waals surface area contributed by atoms with E-state index in [1.54, 1.807) is 12.1 Å². The maximum Gasteiger partial charge on any atom is 0.147 e. The zero-order chi connectivity index (χ0) is 14.6. The quantitative estimate of drug-likeness (QED) is 0.879. The van der Waals surface area contributed by atoms with Crippen LogP contribution >= 0.6 is 11.6 Å². The van der Waals surface area contributed by atoms with E-state index in [0.717, 1.165) is 5.56 Å². The Balaban J connectivity index is 2.55. The van der Waals surface area contributed by atoms with Gasteiger partial charge in [-0.15, -0.1) is 0 Å². The number of halogens is 2. The molecule has 1 N–H and O–H groups in total. The van der Waals surface area contributed by atoms with Crippen molar-refractivity contribution in [3.05, 3.63) is 34.6 Å². The average Bonchev–Trinajstić information content (AvgIpc) is 2.27. The summed E-state index contributed by atoms with van der Waals surface area (Å²) >= 11 is 5.73. The summed E-state index contributed by atoms with van der Waals surface area (Å²) in [6.07, 6.45) is 1.23. The summed E-state index contributed by atoms with van der Waals surface area (Å²) in [6.45, 7) is 4.37. The van der Waals surface area contributed by atoms with Gasteiger partial charge in [0.1, 0.15) is 15.7 Å². The van der Waals surface area contributed by atoms with Crippen molar-refractivity contribution in [2.45, 2.75) is 19.9 Å². The molecule has 0 aliphatic heterocycles. The first-order chi connectivity index (χ1) is 8.69. The number of rotatable bonds is 6. The number of sulfone groups is 1.